The van der Waals surface area contributed by atoms with Gasteiger partial charge in [0.2, 0.25) is 0 Å². The molecule has 0 saturated carbocycles. The molecule has 0 radical (unpaired) electrons. The van der Waals surface area contributed by atoms with Crippen LogP contribution >= 0.6 is 23.2 Å². The van der Waals surface area contributed by atoms with E-state index in [9.17, 15) is 8.42 Å². The molecule has 0 fully saturated rings. The Bertz CT molecular complexity index is 674. The first-order chi connectivity index (χ1) is 8.50. The Kier molecular flexibility index (Phi) is 3.75. The molecule has 94 valence electrons. The summed E-state index contributed by atoms with van der Waals surface area (Å²) in [6, 6.07) is 9.39. The number of rotatable bonds is 3. The van der Waals surface area contributed by atoms with E-state index >= 15 is 0 Å². The topological polar surface area (TPSA) is 59.1 Å². The number of halogens is 2. The van der Waals surface area contributed by atoms with Crippen LogP contribution in [0.25, 0.3) is 0 Å². The van der Waals surface area contributed by atoms with Crippen molar-refractivity contribution in [1.29, 1.82) is 0 Å². The van der Waals surface area contributed by atoms with Crippen LogP contribution in [0.2, 0.25) is 10.2 Å². The van der Waals surface area contributed by atoms with Crippen LogP contribution in [-0.4, -0.2) is 13.4 Å². The summed E-state index contributed by atoms with van der Waals surface area (Å²) in [6.07, 6.45) is 1.41. The lowest BCUT2D eigenvalue weighted by atomic mass is 10.3. The molecule has 2 aromatic rings. The molecular weight excluding hydrogens is 295 g/mol. The molecule has 4 nitrogen and oxygen atoms in total. The molecule has 1 aromatic carbocycles. The van der Waals surface area contributed by atoms with Crippen LogP contribution in [0.1, 0.15) is 0 Å². The summed E-state index contributed by atoms with van der Waals surface area (Å²) in [7, 11) is -3.80. The zero-order valence-corrected chi connectivity index (χ0v) is 11.3. The highest BCUT2D eigenvalue weighted by molar-refractivity contribution is 7.92. The van der Waals surface area contributed by atoms with Gasteiger partial charge in [-0.05, 0) is 24.3 Å². The van der Waals surface area contributed by atoms with Crippen molar-refractivity contribution in [3.63, 3.8) is 0 Å². The van der Waals surface area contributed by atoms with Gasteiger partial charge in [-0.25, -0.2) is 13.4 Å². The number of nitrogens with one attached hydrogen (secondary N) is 1. The molecule has 1 aromatic heterocycles. The molecule has 0 atom stereocenters. The Balaban J connectivity index is 2.40. The molecule has 7 heteroatoms. The monoisotopic (exact) mass is 302 g/mol. The van der Waals surface area contributed by atoms with Gasteiger partial charge in [-0.15, -0.1) is 0 Å². The third kappa shape index (κ3) is 2.75. The summed E-state index contributed by atoms with van der Waals surface area (Å²) < 4.78 is 26.5. The Labute approximate surface area is 115 Å². The van der Waals surface area contributed by atoms with E-state index in [0.717, 1.165) is 0 Å². The second-order valence-electron chi connectivity index (χ2n) is 3.38. The highest BCUT2D eigenvalue weighted by atomic mass is 35.5. The average Bonchev–Trinajstić information content (AvgIpc) is 2.32. The molecule has 0 unspecified atom stereocenters. The number of hydrogen-bond acceptors (Lipinski definition) is 3. The number of hydrogen-bond donors (Lipinski definition) is 1. The standard InChI is InChI=1S/C11H8Cl2N2O2S/c12-8-4-1-2-5-9(8)15-18(16,17)10-6-3-7-14-11(10)13/h1-7,15H. The van der Waals surface area contributed by atoms with Crippen molar-refractivity contribution in [1.82, 2.24) is 4.98 Å². The molecule has 0 spiro atoms. The quantitative estimate of drug-likeness (QED) is 0.886. The maximum atomic E-state index is 12.1. The average molecular weight is 303 g/mol. The molecule has 0 aliphatic rings. The number of aromatic nitrogens is 1. The first-order valence-corrected chi connectivity index (χ1v) is 7.12. The summed E-state index contributed by atoms with van der Waals surface area (Å²) in [6.45, 7) is 0. The van der Waals surface area contributed by atoms with E-state index in [0.29, 0.717) is 10.7 Å². The summed E-state index contributed by atoms with van der Waals surface area (Å²) in [5, 5.41) is 0.221. The molecular formula is C11H8Cl2N2O2S. The maximum Gasteiger partial charge on any atom is 0.265 e. The van der Waals surface area contributed by atoms with Crippen LogP contribution in [0.5, 0.6) is 0 Å². The van der Waals surface area contributed by atoms with Gasteiger partial charge in [-0.2, -0.15) is 0 Å². The van der Waals surface area contributed by atoms with Crippen LogP contribution in [0.4, 0.5) is 5.69 Å². The molecule has 2 rings (SSSR count). The number of sulfonamides is 1. The predicted molar refractivity (Wildman–Crippen MR) is 71.5 cm³/mol. The fourth-order valence-corrected chi connectivity index (χ4v) is 3.09. The molecule has 1 heterocycles. The Morgan fingerprint density at radius 3 is 2.44 bits per heavy atom. The van der Waals surface area contributed by atoms with Crippen molar-refractivity contribution in [2.75, 3.05) is 4.72 Å². The van der Waals surface area contributed by atoms with Gasteiger partial charge in [-0.3, -0.25) is 4.72 Å². The summed E-state index contributed by atoms with van der Waals surface area (Å²) in [4.78, 5) is 3.63. The van der Waals surface area contributed by atoms with Crippen molar-refractivity contribution < 1.29 is 8.42 Å². The smallest absolute Gasteiger partial charge is 0.265 e. The number of anilines is 1. The lowest BCUT2D eigenvalue weighted by Crippen LogP contribution is -2.14. The van der Waals surface area contributed by atoms with Gasteiger partial charge in [0.25, 0.3) is 10.0 Å². The van der Waals surface area contributed by atoms with Crippen molar-refractivity contribution >= 4 is 38.9 Å². The molecule has 0 saturated heterocycles. The molecule has 18 heavy (non-hydrogen) atoms. The Morgan fingerprint density at radius 2 is 1.78 bits per heavy atom. The van der Waals surface area contributed by atoms with E-state index in [1.807, 2.05) is 0 Å². The van der Waals surface area contributed by atoms with Crippen molar-refractivity contribution in [3.8, 4) is 0 Å². The molecule has 0 bridgehead atoms. The molecule has 0 aliphatic heterocycles. The van der Waals surface area contributed by atoms with Crippen LogP contribution in [-0.2, 0) is 10.0 Å². The van der Waals surface area contributed by atoms with E-state index in [1.54, 1.807) is 24.3 Å². The van der Waals surface area contributed by atoms with Gasteiger partial charge < -0.3 is 0 Å². The van der Waals surface area contributed by atoms with Gasteiger partial charge in [-0.1, -0.05) is 35.3 Å². The summed E-state index contributed by atoms with van der Waals surface area (Å²) >= 11 is 11.6. The van der Waals surface area contributed by atoms with E-state index in [4.69, 9.17) is 23.2 Å². The summed E-state index contributed by atoms with van der Waals surface area (Å²) in [5.74, 6) is 0. The predicted octanol–water partition coefficient (Wildman–Crippen LogP) is 3.19. The van der Waals surface area contributed by atoms with E-state index in [-0.39, 0.29) is 10.0 Å². The molecule has 1 N–H and O–H groups in total. The minimum Gasteiger partial charge on any atom is -0.278 e. The van der Waals surface area contributed by atoms with E-state index < -0.39 is 10.0 Å². The second-order valence-corrected chi connectivity index (χ2v) is 5.79. The third-order valence-corrected chi connectivity index (χ3v) is 4.27. The SMILES string of the molecule is O=S(=O)(Nc1ccccc1Cl)c1cccnc1Cl. The Morgan fingerprint density at radius 1 is 1.06 bits per heavy atom. The van der Waals surface area contributed by atoms with Crippen molar-refractivity contribution in [3.05, 3.63) is 52.8 Å². The first-order valence-electron chi connectivity index (χ1n) is 4.88. The summed E-state index contributed by atoms with van der Waals surface area (Å²) in [5.41, 5.74) is 0.291. The number of nitrogens with zero attached hydrogens (tertiary/aromatic N) is 1. The zero-order valence-electron chi connectivity index (χ0n) is 8.97. The van der Waals surface area contributed by atoms with Gasteiger partial charge in [0.1, 0.15) is 10.0 Å². The third-order valence-electron chi connectivity index (χ3n) is 2.13. The van der Waals surface area contributed by atoms with E-state index in [2.05, 4.69) is 9.71 Å². The first kappa shape index (κ1) is 13.1. The maximum absolute atomic E-state index is 12.1. The largest absolute Gasteiger partial charge is 0.278 e. The van der Waals surface area contributed by atoms with Crippen LogP contribution in [0, 0.1) is 0 Å². The second kappa shape index (κ2) is 5.14. The molecule has 0 amide bonds. The molecule has 0 aliphatic carbocycles. The van der Waals surface area contributed by atoms with Gasteiger partial charge in [0.15, 0.2) is 0 Å². The fourth-order valence-electron chi connectivity index (χ4n) is 1.32. The number of pyridine rings is 1. The highest BCUT2D eigenvalue weighted by Crippen LogP contribution is 2.25. The number of para-hydroxylation sites is 1. The van der Waals surface area contributed by atoms with Crippen molar-refractivity contribution in [2.45, 2.75) is 4.90 Å². The van der Waals surface area contributed by atoms with Gasteiger partial charge in [0.05, 0.1) is 10.7 Å². The van der Waals surface area contributed by atoms with Crippen LogP contribution in [0.3, 0.4) is 0 Å². The Hall–Kier alpha value is -1.30. The van der Waals surface area contributed by atoms with Crippen molar-refractivity contribution in [2.24, 2.45) is 0 Å². The normalized spacial score (nSPS) is 11.2. The fraction of sp³-hybridized carbons (Fsp3) is 0. The minimum absolute atomic E-state index is 0.0861. The zero-order chi connectivity index (χ0) is 13.2. The minimum atomic E-state index is -3.80. The van der Waals surface area contributed by atoms with Gasteiger partial charge in [0, 0.05) is 6.20 Å². The van der Waals surface area contributed by atoms with Gasteiger partial charge >= 0.3 is 0 Å². The lowest BCUT2D eigenvalue weighted by molar-refractivity contribution is 0.601. The highest BCUT2D eigenvalue weighted by Gasteiger charge is 2.19. The van der Waals surface area contributed by atoms with E-state index in [1.165, 1.54) is 18.3 Å². The lowest BCUT2D eigenvalue weighted by Gasteiger charge is -2.09. The van der Waals surface area contributed by atoms with Crippen LogP contribution < -0.4 is 4.72 Å². The van der Waals surface area contributed by atoms with Crippen LogP contribution in [0.15, 0.2) is 47.5 Å². The number of benzene rings is 1.